The second-order valence-electron chi connectivity index (χ2n) is 2.63. The zero-order valence-corrected chi connectivity index (χ0v) is 6.67. The quantitative estimate of drug-likeness (QED) is 0.298. The summed E-state index contributed by atoms with van der Waals surface area (Å²) in [5, 5.41) is 0. The molecule has 1 saturated heterocycles. The summed E-state index contributed by atoms with van der Waals surface area (Å²) < 4.78 is 0. The molecule has 1 rings (SSSR count). The van der Waals surface area contributed by atoms with Gasteiger partial charge in [-0.25, -0.2) is 10.6 Å². The van der Waals surface area contributed by atoms with Crippen molar-refractivity contribution in [3.63, 3.8) is 0 Å². The third-order valence-electron chi connectivity index (χ3n) is 1.77. The Labute approximate surface area is 70.2 Å². The van der Waals surface area contributed by atoms with Crippen molar-refractivity contribution in [2.45, 2.75) is 12.8 Å². The maximum absolute atomic E-state index is 11.0. The van der Waals surface area contributed by atoms with Gasteiger partial charge in [-0.05, 0) is 0 Å². The fraction of sp³-hybridized carbons (Fsp3) is 0.429. The van der Waals surface area contributed by atoms with Gasteiger partial charge >= 0.3 is 6.03 Å². The van der Waals surface area contributed by atoms with E-state index in [9.17, 15) is 9.59 Å². The smallest absolute Gasteiger partial charge is 0.299 e. The predicted octanol–water partition coefficient (Wildman–Crippen LogP) is -0.252. The molecule has 1 aliphatic heterocycles. The molecule has 1 fully saturated rings. The largest absolute Gasteiger partial charge is 0.335 e. The van der Waals surface area contributed by atoms with Gasteiger partial charge < -0.3 is 0 Å². The fourth-order valence-corrected chi connectivity index (χ4v) is 1.13. The van der Waals surface area contributed by atoms with Crippen LogP contribution in [-0.4, -0.2) is 23.3 Å². The SMILES string of the molecule is C=C1CC(=O)CCN1C(=O)NN. The van der Waals surface area contributed by atoms with Crippen LogP contribution in [-0.2, 0) is 4.79 Å². The Bertz CT molecular complexity index is 237. The van der Waals surface area contributed by atoms with Crippen LogP contribution in [0.4, 0.5) is 4.79 Å². The molecular weight excluding hydrogens is 158 g/mol. The van der Waals surface area contributed by atoms with E-state index in [4.69, 9.17) is 5.84 Å². The lowest BCUT2D eigenvalue weighted by Gasteiger charge is -2.27. The van der Waals surface area contributed by atoms with Crippen molar-refractivity contribution < 1.29 is 9.59 Å². The lowest BCUT2D eigenvalue weighted by Crippen LogP contribution is -2.45. The molecule has 66 valence electrons. The number of rotatable bonds is 0. The number of hydrazine groups is 1. The van der Waals surface area contributed by atoms with Crippen molar-refractivity contribution >= 4 is 11.8 Å². The Hall–Kier alpha value is -1.36. The number of carbonyl (C=O) groups is 2. The number of piperidine rings is 1. The number of nitrogens with zero attached hydrogens (tertiary/aromatic N) is 1. The number of hydrogen-bond donors (Lipinski definition) is 2. The summed E-state index contributed by atoms with van der Waals surface area (Å²) in [6, 6.07) is -0.410. The molecule has 5 heteroatoms. The van der Waals surface area contributed by atoms with E-state index in [2.05, 4.69) is 6.58 Å². The van der Waals surface area contributed by atoms with Crippen molar-refractivity contribution in [3.8, 4) is 0 Å². The third kappa shape index (κ3) is 1.62. The van der Waals surface area contributed by atoms with Crippen LogP contribution in [0.25, 0.3) is 0 Å². The summed E-state index contributed by atoms with van der Waals surface area (Å²) in [6.07, 6.45) is 0.625. The zero-order valence-electron chi connectivity index (χ0n) is 6.67. The number of urea groups is 1. The second kappa shape index (κ2) is 3.36. The standard InChI is InChI=1S/C7H11N3O2/c1-5-4-6(11)2-3-10(5)7(12)9-8/h1-4,8H2,(H,9,12). The highest BCUT2D eigenvalue weighted by atomic mass is 16.2. The summed E-state index contributed by atoms with van der Waals surface area (Å²) in [4.78, 5) is 23.3. The molecule has 3 N–H and O–H groups in total. The van der Waals surface area contributed by atoms with Gasteiger partial charge in [-0.15, -0.1) is 0 Å². The molecule has 2 amide bonds. The molecule has 0 aromatic carbocycles. The molecule has 0 unspecified atom stereocenters. The van der Waals surface area contributed by atoms with Gasteiger partial charge in [0.15, 0.2) is 0 Å². The van der Waals surface area contributed by atoms with Crippen LogP contribution < -0.4 is 11.3 Å². The Morgan fingerprint density at radius 1 is 1.67 bits per heavy atom. The summed E-state index contributed by atoms with van der Waals surface area (Å²) in [5.74, 6) is 5.04. The maximum atomic E-state index is 11.0. The molecule has 5 nitrogen and oxygen atoms in total. The van der Waals surface area contributed by atoms with Gasteiger partial charge in [-0.2, -0.15) is 0 Å². The summed E-state index contributed by atoms with van der Waals surface area (Å²) in [5.41, 5.74) is 2.50. The number of Topliss-reactive ketones (excluding diaryl/α,β-unsaturated/α-hetero) is 1. The van der Waals surface area contributed by atoms with Crippen molar-refractivity contribution in [1.29, 1.82) is 0 Å². The Kier molecular flexibility index (Phi) is 2.44. The number of carbonyl (C=O) groups excluding carboxylic acids is 2. The first-order valence-electron chi connectivity index (χ1n) is 3.62. The lowest BCUT2D eigenvalue weighted by atomic mass is 10.1. The van der Waals surface area contributed by atoms with Crippen LogP contribution >= 0.6 is 0 Å². The molecule has 0 radical (unpaired) electrons. The molecule has 1 aliphatic rings. The molecule has 0 aliphatic carbocycles. The van der Waals surface area contributed by atoms with Crippen molar-refractivity contribution in [2.75, 3.05) is 6.54 Å². The van der Waals surface area contributed by atoms with E-state index >= 15 is 0 Å². The minimum absolute atomic E-state index is 0.112. The van der Waals surface area contributed by atoms with Crippen LogP contribution in [0.5, 0.6) is 0 Å². The van der Waals surface area contributed by atoms with Gasteiger partial charge in [0.1, 0.15) is 5.78 Å². The van der Waals surface area contributed by atoms with E-state index < -0.39 is 6.03 Å². The first kappa shape index (κ1) is 8.73. The second-order valence-corrected chi connectivity index (χ2v) is 2.63. The number of allylic oxidation sites excluding steroid dienone is 1. The monoisotopic (exact) mass is 169 g/mol. The van der Waals surface area contributed by atoms with Gasteiger partial charge in [0.05, 0.1) is 0 Å². The van der Waals surface area contributed by atoms with Crippen LogP contribution in [0.15, 0.2) is 12.3 Å². The molecule has 0 spiro atoms. The molecule has 12 heavy (non-hydrogen) atoms. The Balaban J connectivity index is 2.62. The minimum atomic E-state index is -0.410. The maximum Gasteiger partial charge on any atom is 0.335 e. The number of nitrogens with two attached hydrogens (primary N) is 1. The predicted molar refractivity (Wildman–Crippen MR) is 42.8 cm³/mol. The normalized spacial score (nSPS) is 17.9. The molecule has 0 saturated carbocycles. The molecule has 0 atom stereocenters. The number of hydrogen-bond acceptors (Lipinski definition) is 3. The molecule has 0 aromatic heterocycles. The van der Waals surface area contributed by atoms with Gasteiger partial charge in [0.25, 0.3) is 0 Å². The Morgan fingerprint density at radius 3 is 2.83 bits per heavy atom. The van der Waals surface area contributed by atoms with E-state index in [1.54, 1.807) is 0 Å². The summed E-state index contributed by atoms with van der Waals surface area (Å²) >= 11 is 0. The molecular formula is C7H11N3O2. The first-order valence-corrected chi connectivity index (χ1v) is 3.62. The van der Waals surface area contributed by atoms with E-state index in [0.29, 0.717) is 18.7 Å². The topological polar surface area (TPSA) is 75.4 Å². The number of nitrogens with one attached hydrogen (secondary N) is 1. The number of amides is 2. The average Bonchev–Trinajstić information content (AvgIpc) is 2.03. The van der Waals surface area contributed by atoms with E-state index in [-0.39, 0.29) is 12.2 Å². The van der Waals surface area contributed by atoms with Gasteiger partial charge in [0.2, 0.25) is 0 Å². The fourth-order valence-electron chi connectivity index (χ4n) is 1.13. The Morgan fingerprint density at radius 2 is 2.33 bits per heavy atom. The average molecular weight is 169 g/mol. The van der Waals surface area contributed by atoms with Crippen molar-refractivity contribution in [3.05, 3.63) is 12.3 Å². The van der Waals surface area contributed by atoms with Crippen molar-refractivity contribution in [2.24, 2.45) is 5.84 Å². The van der Waals surface area contributed by atoms with E-state index in [1.165, 1.54) is 4.90 Å². The zero-order chi connectivity index (χ0) is 9.14. The lowest BCUT2D eigenvalue weighted by molar-refractivity contribution is -0.119. The number of likely N-dealkylation sites (tertiary alicyclic amines) is 1. The van der Waals surface area contributed by atoms with Gasteiger partial charge in [-0.1, -0.05) is 6.58 Å². The van der Waals surface area contributed by atoms with Crippen molar-refractivity contribution in [1.82, 2.24) is 10.3 Å². The highest BCUT2D eigenvalue weighted by Crippen LogP contribution is 2.15. The minimum Gasteiger partial charge on any atom is -0.299 e. The van der Waals surface area contributed by atoms with Crippen LogP contribution in [0, 0.1) is 0 Å². The molecule has 0 aromatic rings. The third-order valence-corrected chi connectivity index (χ3v) is 1.77. The van der Waals surface area contributed by atoms with E-state index in [0.717, 1.165) is 0 Å². The first-order chi connectivity index (χ1) is 5.65. The molecule has 0 bridgehead atoms. The molecule has 1 heterocycles. The summed E-state index contributed by atoms with van der Waals surface area (Å²) in [7, 11) is 0. The van der Waals surface area contributed by atoms with Gasteiger partial charge in [-0.3, -0.25) is 15.1 Å². The number of ketones is 1. The highest BCUT2D eigenvalue weighted by Gasteiger charge is 2.23. The van der Waals surface area contributed by atoms with Crippen LogP contribution in [0.3, 0.4) is 0 Å². The van der Waals surface area contributed by atoms with Gasteiger partial charge in [0, 0.05) is 25.1 Å². The highest BCUT2D eigenvalue weighted by molar-refractivity contribution is 5.85. The van der Waals surface area contributed by atoms with Crippen LogP contribution in [0.1, 0.15) is 12.8 Å². The van der Waals surface area contributed by atoms with Crippen LogP contribution in [0.2, 0.25) is 0 Å². The van der Waals surface area contributed by atoms with E-state index in [1.807, 2.05) is 5.43 Å². The summed E-state index contributed by atoms with van der Waals surface area (Å²) in [6.45, 7) is 3.98.